The van der Waals surface area contributed by atoms with Crippen LogP contribution in [-0.2, 0) is 4.18 Å². The normalized spacial score (nSPS) is 14.8. The molecule has 0 N–H and O–H groups in total. The molecular weight excluding hydrogens is 364 g/mol. The lowest BCUT2D eigenvalue weighted by atomic mass is 9.80. The van der Waals surface area contributed by atoms with Gasteiger partial charge in [-0.05, 0) is 30.6 Å². The molecule has 0 aliphatic heterocycles. The molecule has 2 aromatic rings. The number of benzene rings is 2. The van der Waals surface area contributed by atoms with Crippen molar-refractivity contribution in [1.82, 2.24) is 0 Å². The van der Waals surface area contributed by atoms with Crippen LogP contribution in [0.4, 0.5) is 0 Å². The summed E-state index contributed by atoms with van der Waals surface area (Å²) in [6, 6.07) is 22.5. The summed E-state index contributed by atoms with van der Waals surface area (Å²) in [5, 5.41) is 19.5. The van der Waals surface area contributed by atoms with E-state index in [4.69, 9.17) is 4.18 Å². The van der Waals surface area contributed by atoms with E-state index in [0.717, 1.165) is 16.7 Å². The molecule has 0 fully saturated rings. The van der Waals surface area contributed by atoms with E-state index in [1.54, 1.807) is 0 Å². The standard InChI is InChI=1S/C24H30N2OS/c1-18-12-14-19(15-13-18)22(21(16-25)17-26)23(20-10-8-7-9-11-20)27-28(5,6)24(2,3)4/h7-15,21-23H,1-6H3. The van der Waals surface area contributed by atoms with Crippen LogP contribution in [0.25, 0.3) is 0 Å². The molecule has 148 valence electrons. The lowest BCUT2D eigenvalue weighted by Gasteiger charge is -2.47. The van der Waals surface area contributed by atoms with Crippen molar-refractivity contribution < 1.29 is 4.18 Å². The van der Waals surface area contributed by atoms with Crippen molar-refractivity contribution in [2.24, 2.45) is 5.92 Å². The Balaban J connectivity index is 2.63. The van der Waals surface area contributed by atoms with Crippen LogP contribution < -0.4 is 0 Å². The van der Waals surface area contributed by atoms with E-state index < -0.39 is 16.2 Å². The molecule has 2 unspecified atom stereocenters. The summed E-state index contributed by atoms with van der Waals surface area (Å²) >= 11 is 0. The number of hydrogen-bond donors (Lipinski definition) is 0. The maximum atomic E-state index is 9.75. The molecule has 0 amide bonds. The molecular formula is C24H30N2OS. The highest BCUT2D eigenvalue weighted by Crippen LogP contribution is 2.59. The second-order valence-corrected chi connectivity index (χ2v) is 12.3. The first-order valence-electron chi connectivity index (χ1n) is 9.42. The van der Waals surface area contributed by atoms with Gasteiger partial charge in [-0.2, -0.15) is 10.5 Å². The number of nitriles is 2. The van der Waals surface area contributed by atoms with Crippen LogP contribution in [0.3, 0.4) is 0 Å². The van der Waals surface area contributed by atoms with Gasteiger partial charge in [0.1, 0.15) is 12.0 Å². The van der Waals surface area contributed by atoms with Crippen LogP contribution in [-0.4, -0.2) is 17.3 Å². The first kappa shape index (κ1) is 22.0. The molecule has 2 rings (SSSR count). The molecule has 2 atom stereocenters. The van der Waals surface area contributed by atoms with Crippen LogP contribution in [0.5, 0.6) is 0 Å². The Kier molecular flexibility index (Phi) is 6.94. The molecule has 0 spiro atoms. The van der Waals surface area contributed by atoms with Gasteiger partial charge >= 0.3 is 0 Å². The van der Waals surface area contributed by atoms with E-state index in [2.05, 4.69) is 45.4 Å². The predicted octanol–water partition coefficient (Wildman–Crippen LogP) is 6.28. The topological polar surface area (TPSA) is 56.8 Å². The summed E-state index contributed by atoms with van der Waals surface area (Å²) in [4.78, 5) is 0. The first-order valence-corrected chi connectivity index (χ1v) is 11.8. The van der Waals surface area contributed by atoms with Gasteiger partial charge in [0.05, 0.1) is 12.1 Å². The molecule has 28 heavy (non-hydrogen) atoms. The van der Waals surface area contributed by atoms with Gasteiger partial charge in [0.25, 0.3) is 0 Å². The summed E-state index contributed by atoms with van der Waals surface area (Å²) in [7, 11) is -1.48. The van der Waals surface area contributed by atoms with Crippen LogP contribution in [0, 0.1) is 35.5 Å². The molecule has 0 saturated heterocycles. The molecule has 0 radical (unpaired) electrons. The van der Waals surface area contributed by atoms with E-state index >= 15 is 0 Å². The quantitative estimate of drug-likeness (QED) is 0.579. The van der Waals surface area contributed by atoms with Crippen molar-refractivity contribution in [1.29, 1.82) is 10.5 Å². The fraction of sp³-hybridized carbons (Fsp3) is 0.417. The monoisotopic (exact) mass is 394 g/mol. The molecule has 4 heteroatoms. The molecule has 2 aromatic carbocycles. The Morgan fingerprint density at radius 1 is 0.857 bits per heavy atom. The number of aryl methyl sites for hydroxylation is 1. The van der Waals surface area contributed by atoms with Crippen molar-refractivity contribution >= 4 is 10.3 Å². The third-order valence-corrected chi connectivity index (χ3v) is 9.01. The minimum Gasteiger partial charge on any atom is -0.328 e. The highest BCUT2D eigenvalue weighted by Gasteiger charge is 2.39. The molecule has 0 aliphatic rings. The summed E-state index contributed by atoms with van der Waals surface area (Å²) in [5.74, 6) is -1.17. The molecule has 0 saturated carbocycles. The minimum absolute atomic E-state index is 0.0351. The van der Waals surface area contributed by atoms with E-state index in [9.17, 15) is 10.5 Å². The summed E-state index contributed by atoms with van der Waals surface area (Å²) in [6.07, 6.45) is 3.93. The van der Waals surface area contributed by atoms with E-state index in [1.165, 1.54) is 0 Å². The van der Waals surface area contributed by atoms with Gasteiger partial charge in [-0.25, -0.2) is 0 Å². The third kappa shape index (κ3) is 4.96. The van der Waals surface area contributed by atoms with Crippen molar-refractivity contribution in [2.75, 3.05) is 12.5 Å². The van der Waals surface area contributed by atoms with Crippen LogP contribution >= 0.6 is 10.3 Å². The smallest absolute Gasteiger partial charge is 0.143 e. The Morgan fingerprint density at radius 3 is 1.86 bits per heavy atom. The zero-order chi connectivity index (χ0) is 20.9. The first-order chi connectivity index (χ1) is 13.1. The highest BCUT2D eigenvalue weighted by atomic mass is 32.3. The molecule has 3 nitrogen and oxygen atoms in total. The Hall–Kier alpha value is -2.27. The van der Waals surface area contributed by atoms with Crippen molar-refractivity contribution in [3.05, 3.63) is 71.3 Å². The predicted molar refractivity (Wildman–Crippen MR) is 118 cm³/mol. The molecule has 0 heterocycles. The average Bonchev–Trinajstić information content (AvgIpc) is 2.65. The minimum atomic E-state index is -1.48. The zero-order valence-electron chi connectivity index (χ0n) is 17.6. The Bertz CT molecular complexity index is 841. The van der Waals surface area contributed by atoms with Gasteiger partial charge in [-0.15, -0.1) is 10.3 Å². The fourth-order valence-electron chi connectivity index (χ4n) is 2.89. The molecule has 0 aromatic heterocycles. The zero-order valence-corrected chi connectivity index (χ0v) is 18.5. The van der Waals surface area contributed by atoms with Gasteiger partial charge < -0.3 is 4.18 Å². The molecule has 0 bridgehead atoms. The summed E-state index contributed by atoms with van der Waals surface area (Å²) < 4.78 is 6.77. The summed E-state index contributed by atoms with van der Waals surface area (Å²) in [5.41, 5.74) is 3.09. The second kappa shape index (κ2) is 8.82. The van der Waals surface area contributed by atoms with Gasteiger partial charge in [0, 0.05) is 10.7 Å². The lowest BCUT2D eigenvalue weighted by molar-refractivity contribution is 0.182. The number of rotatable bonds is 6. The maximum absolute atomic E-state index is 9.75. The van der Waals surface area contributed by atoms with Gasteiger partial charge in [0.15, 0.2) is 0 Å². The van der Waals surface area contributed by atoms with Crippen molar-refractivity contribution in [3.63, 3.8) is 0 Å². The largest absolute Gasteiger partial charge is 0.328 e. The van der Waals surface area contributed by atoms with E-state index in [-0.39, 0.29) is 16.8 Å². The van der Waals surface area contributed by atoms with Crippen LogP contribution in [0.15, 0.2) is 54.6 Å². The number of hydrogen-bond acceptors (Lipinski definition) is 3. The third-order valence-electron chi connectivity index (χ3n) is 5.37. The van der Waals surface area contributed by atoms with E-state index in [1.807, 2.05) is 61.5 Å². The Labute approximate surface area is 171 Å². The highest BCUT2D eigenvalue weighted by molar-refractivity contribution is 8.29. The van der Waals surface area contributed by atoms with Gasteiger partial charge in [0.2, 0.25) is 0 Å². The number of nitrogens with zero attached hydrogens (tertiary/aromatic N) is 2. The SMILES string of the molecule is Cc1ccc(C(C(C#N)C#N)C(OS(C)(C)C(C)(C)C)c2ccccc2)cc1. The van der Waals surface area contributed by atoms with Crippen molar-refractivity contribution in [2.45, 2.75) is 44.5 Å². The van der Waals surface area contributed by atoms with Crippen LogP contribution in [0.2, 0.25) is 0 Å². The van der Waals surface area contributed by atoms with Gasteiger partial charge in [-0.1, -0.05) is 80.9 Å². The van der Waals surface area contributed by atoms with Gasteiger partial charge in [-0.3, -0.25) is 0 Å². The fourth-order valence-corrected chi connectivity index (χ4v) is 3.93. The van der Waals surface area contributed by atoms with Crippen molar-refractivity contribution in [3.8, 4) is 12.1 Å². The second-order valence-electron chi connectivity index (χ2n) is 8.45. The molecule has 0 aliphatic carbocycles. The van der Waals surface area contributed by atoms with E-state index in [0.29, 0.717) is 0 Å². The summed E-state index contributed by atoms with van der Waals surface area (Å²) in [6.45, 7) is 8.56. The Morgan fingerprint density at radius 2 is 1.39 bits per heavy atom. The average molecular weight is 395 g/mol. The maximum Gasteiger partial charge on any atom is 0.143 e. The van der Waals surface area contributed by atoms with Crippen LogP contribution in [0.1, 0.15) is 49.5 Å². The lowest BCUT2D eigenvalue weighted by Crippen LogP contribution is -2.30.